The van der Waals surface area contributed by atoms with E-state index in [-0.39, 0.29) is 29.9 Å². The Hall–Kier alpha value is -2.49. The van der Waals surface area contributed by atoms with E-state index in [1.807, 2.05) is 24.3 Å². The fourth-order valence-corrected chi connectivity index (χ4v) is 4.42. The number of carbonyl (C=O) groups is 1. The first kappa shape index (κ1) is 22.2. The van der Waals surface area contributed by atoms with Gasteiger partial charge >= 0.3 is 0 Å². The van der Waals surface area contributed by atoms with E-state index in [4.69, 9.17) is 4.74 Å². The lowest BCUT2D eigenvalue weighted by Crippen LogP contribution is -2.39. The number of amides is 1. The van der Waals surface area contributed by atoms with E-state index >= 15 is 0 Å². The van der Waals surface area contributed by atoms with Crippen molar-refractivity contribution in [2.45, 2.75) is 30.3 Å². The number of anilines is 2. The van der Waals surface area contributed by atoms with Crippen molar-refractivity contribution in [3.8, 4) is 0 Å². The summed E-state index contributed by atoms with van der Waals surface area (Å²) >= 11 is 0. The minimum absolute atomic E-state index is 0.0437. The number of nitrogens with zero attached hydrogens (tertiary/aromatic N) is 1. The van der Waals surface area contributed by atoms with E-state index in [1.165, 1.54) is 18.2 Å². The summed E-state index contributed by atoms with van der Waals surface area (Å²) in [5, 5.41) is 2.75. The number of halogens is 1. The summed E-state index contributed by atoms with van der Waals surface area (Å²) < 4.78 is 45.2. The Balaban J connectivity index is 1.48. The molecule has 0 aromatic heterocycles. The molecule has 0 aliphatic carbocycles. The number of benzene rings is 2. The van der Waals surface area contributed by atoms with Gasteiger partial charge < -0.3 is 15.0 Å². The van der Waals surface area contributed by atoms with Gasteiger partial charge in [0.25, 0.3) is 0 Å². The Bertz CT molecular complexity index is 966. The second kappa shape index (κ2) is 10.0. The van der Waals surface area contributed by atoms with Crippen LogP contribution in [0.3, 0.4) is 0 Å². The van der Waals surface area contributed by atoms with Crippen LogP contribution in [0.5, 0.6) is 0 Å². The summed E-state index contributed by atoms with van der Waals surface area (Å²) in [6.07, 6.45) is 2.32. The summed E-state index contributed by atoms with van der Waals surface area (Å²) in [7, 11) is -2.13. The van der Waals surface area contributed by atoms with Gasteiger partial charge in [-0.15, -0.1) is 0 Å². The van der Waals surface area contributed by atoms with E-state index in [0.717, 1.165) is 37.7 Å². The first-order chi connectivity index (χ1) is 14.4. The van der Waals surface area contributed by atoms with Gasteiger partial charge in [-0.2, -0.15) is 0 Å². The summed E-state index contributed by atoms with van der Waals surface area (Å²) in [4.78, 5) is 14.2. The normalized spacial score (nSPS) is 17.0. The molecule has 1 aliphatic rings. The molecule has 162 valence electrons. The number of ether oxygens (including phenoxy) is 1. The van der Waals surface area contributed by atoms with Gasteiger partial charge in [-0.1, -0.05) is 6.07 Å². The SMILES string of the molecule is COC1CCCN(c2ccc(NC(=O)CCNS(=O)(=O)c3cccc(F)c3)cc2)C1. The number of rotatable bonds is 8. The highest BCUT2D eigenvalue weighted by Gasteiger charge is 2.19. The molecule has 1 unspecified atom stereocenters. The smallest absolute Gasteiger partial charge is 0.240 e. The zero-order chi connectivity index (χ0) is 21.6. The van der Waals surface area contributed by atoms with Crippen molar-refractivity contribution >= 4 is 27.3 Å². The number of nitrogens with one attached hydrogen (secondary N) is 2. The minimum atomic E-state index is -3.86. The van der Waals surface area contributed by atoms with Crippen LogP contribution in [0.4, 0.5) is 15.8 Å². The summed E-state index contributed by atoms with van der Waals surface area (Å²) in [6, 6.07) is 12.2. The molecule has 7 nitrogen and oxygen atoms in total. The average molecular weight is 436 g/mol. The summed E-state index contributed by atoms with van der Waals surface area (Å²) in [6.45, 7) is 1.72. The second-order valence-electron chi connectivity index (χ2n) is 7.15. The molecule has 9 heteroatoms. The van der Waals surface area contributed by atoms with Gasteiger partial charge in [0.1, 0.15) is 5.82 Å². The van der Waals surface area contributed by atoms with Crippen LogP contribution in [-0.2, 0) is 19.6 Å². The molecular weight excluding hydrogens is 409 g/mol. The predicted octanol–water partition coefficient (Wildman–Crippen LogP) is 2.75. The van der Waals surface area contributed by atoms with E-state index < -0.39 is 15.8 Å². The molecule has 1 aliphatic heterocycles. The number of carbonyl (C=O) groups excluding carboxylic acids is 1. The molecule has 0 bridgehead atoms. The highest BCUT2D eigenvalue weighted by molar-refractivity contribution is 7.89. The fraction of sp³-hybridized carbons (Fsp3) is 0.381. The van der Waals surface area contributed by atoms with E-state index in [9.17, 15) is 17.6 Å². The van der Waals surface area contributed by atoms with Crippen molar-refractivity contribution in [2.24, 2.45) is 0 Å². The number of piperidine rings is 1. The lowest BCUT2D eigenvalue weighted by Gasteiger charge is -2.33. The number of methoxy groups -OCH3 is 1. The van der Waals surface area contributed by atoms with Crippen molar-refractivity contribution < 1.29 is 22.3 Å². The maximum Gasteiger partial charge on any atom is 0.240 e. The average Bonchev–Trinajstić information content (AvgIpc) is 2.74. The maximum absolute atomic E-state index is 13.2. The maximum atomic E-state index is 13.2. The van der Waals surface area contributed by atoms with Crippen molar-refractivity contribution in [3.05, 3.63) is 54.3 Å². The number of sulfonamides is 1. The third-order valence-electron chi connectivity index (χ3n) is 4.98. The largest absolute Gasteiger partial charge is 0.380 e. The molecule has 0 radical (unpaired) electrons. The topological polar surface area (TPSA) is 87.7 Å². The molecular formula is C21H26FN3O4S. The number of hydrogen-bond acceptors (Lipinski definition) is 5. The quantitative estimate of drug-likeness (QED) is 0.666. The van der Waals surface area contributed by atoms with Crippen molar-refractivity contribution in [1.29, 1.82) is 0 Å². The molecule has 1 atom stereocenters. The lowest BCUT2D eigenvalue weighted by molar-refractivity contribution is -0.116. The van der Waals surface area contributed by atoms with Crippen LogP contribution >= 0.6 is 0 Å². The van der Waals surface area contributed by atoms with Gasteiger partial charge in [-0.3, -0.25) is 4.79 Å². The summed E-state index contributed by atoms with van der Waals surface area (Å²) in [5.41, 5.74) is 1.70. The third kappa shape index (κ3) is 6.01. The molecule has 1 fully saturated rings. The zero-order valence-corrected chi connectivity index (χ0v) is 17.6. The number of hydrogen-bond donors (Lipinski definition) is 2. The highest BCUT2D eigenvalue weighted by Crippen LogP contribution is 2.23. The van der Waals surface area contributed by atoms with Gasteiger partial charge in [0.2, 0.25) is 15.9 Å². The molecule has 1 saturated heterocycles. The Labute approximate surface area is 176 Å². The van der Waals surface area contributed by atoms with Gasteiger partial charge in [0.15, 0.2) is 0 Å². The lowest BCUT2D eigenvalue weighted by atomic mass is 10.1. The molecule has 0 saturated carbocycles. The molecule has 2 aromatic carbocycles. The van der Waals surface area contributed by atoms with Crippen LogP contribution in [0, 0.1) is 5.82 Å². The first-order valence-corrected chi connectivity index (χ1v) is 11.3. The van der Waals surface area contributed by atoms with E-state index in [1.54, 1.807) is 7.11 Å². The van der Waals surface area contributed by atoms with Crippen LogP contribution in [0.1, 0.15) is 19.3 Å². The van der Waals surface area contributed by atoms with Gasteiger partial charge in [0.05, 0.1) is 11.0 Å². The second-order valence-corrected chi connectivity index (χ2v) is 8.91. The summed E-state index contributed by atoms with van der Waals surface area (Å²) in [5.74, 6) is -0.955. The van der Waals surface area contributed by atoms with Crippen LogP contribution in [-0.4, -0.2) is 47.2 Å². The Morgan fingerprint density at radius 1 is 1.23 bits per heavy atom. The molecule has 2 N–H and O–H groups in total. The van der Waals surface area contributed by atoms with Crippen LogP contribution in [0.2, 0.25) is 0 Å². The molecule has 3 rings (SSSR count). The Morgan fingerprint density at radius 2 is 2.00 bits per heavy atom. The molecule has 2 aromatic rings. The van der Waals surface area contributed by atoms with E-state index in [0.29, 0.717) is 5.69 Å². The van der Waals surface area contributed by atoms with Crippen LogP contribution in [0.25, 0.3) is 0 Å². The molecule has 1 amide bonds. The van der Waals surface area contributed by atoms with Gasteiger partial charge in [-0.05, 0) is 55.3 Å². The highest BCUT2D eigenvalue weighted by atomic mass is 32.2. The monoisotopic (exact) mass is 435 g/mol. The van der Waals surface area contributed by atoms with Crippen LogP contribution in [0.15, 0.2) is 53.4 Å². The van der Waals surface area contributed by atoms with Crippen molar-refractivity contribution in [1.82, 2.24) is 4.72 Å². The Kier molecular flexibility index (Phi) is 7.41. The fourth-order valence-electron chi connectivity index (χ4n) is 3.36. The standard InChI is InChI=1S/C21H26FN3O4S/c1-29-19-5-3-13-25(15-19)18-9-7-17(8-10-18)24-21(26)11-12-23-30(27,28)20-6-2-4-16(22)14-20/h2,4,6-10,14,19,23H,3,5,11-13,15H2,1H3,(H,24,26). The Morgan fingerprint density at radius 3 is 2.70 bits per heavy atom. The van der Waals surface area contributed by atoms with Crippen LogP contribution < -0.4 is 14.9 Å². The first-order valence-electron chi connectivity index (χ1n) is 9.80. The van der Waals surface area contributed by atoms with E-state index in [2.05, 4.69) is 14.9 Å². The minimum Gasteiger partial charge on any atom is -0.380 e. The third-order valence-corrected chi connectivity index (χ3v) is 6.44. The zero-order valence-electron chi connectivity index (χ0n) is 16.8. The molecule has 1 heterocycles. The van der Waals surface area contributed by atoms with Crippen molar-refractivity contribution in [2.75, 3.05) is 37.0 Å². The van der Waals surface area contributed by atoms with Crippen molar-refractivity contribution in [3.63, 3.8) is 0 Å². The van der Waals surface area contributed by atoms with Gasteiger partial charge in [-0.25, -0.2) is 17.5 Å². The molecule has 30 heavy (non-hydrogen) atoms. The predicted molar refractivity (Wildman–Crippen MR) is 114 cm³/mol. The molecule has 0 spiro atoms. The van der Waals surface area contributed by atoms with Gasteiger partial charge in [0, 0.05) is 44.5 Å².